The molecule has 1 unspecified atom stereocenters. The standard InChI is InChI=1S/C15H22O2/c1-4-7-14(15(16)17-6-3)13-10-8-12(5-2)9-11-13/h8-11,14H,4-7H2,1-3H3. The molecule has 0 fully saturated rings. The van der Waals surface area contributed by atoms with Crippen LogP contribution >= 0.6 is 0 Å². The van der Waals surface area contributed by atoms with Crippen molar-refractivity contribution in [1.29, 1.82) is 0 Å². The molecule has 0 saturated heterocycles. The van der Waals surface area contributed by atoms with Crippen molar-refractivity contribution in [3.8, 4) is 0 Å². The van der Waals surface area contributed by atoms with Gasteiger partial charge in [0.25, 0.3) is 0 Å². The van der Waals surface area contributed by atoms with Crippen LogP contribution in [0.3, 0.4) is 0 Å². The third-order valence-electron chi connectivity index (χ3n) is 2.94. The van der Waals surface area contributed by atoms with E-state index in [1.165, 1.54) is 5.56 Å². The van der Waals surface area contributed by atoms with Crippen molar-refractivity contribution in [2.75, 3.05) is 6.61 Å². The van der Waals surface area contributed by atoms with Crippen molar-refractivity contribution < 1.29 is 9.53 Å². The molecule has 1 aromatic rings. The molecular formula is C15H22O2. The molecular weight excluding hydrogens is 212 g/mol. The Morgan fingerprint density at radius 1 is 1.18 bits per heavy atom. The van der Waals surface area contributed by atoms with Crippen LogP contribution in [0.4, 0.5) is 0 Å². The lowest BCUT2D eigenvalue weighted by Crippen LogP contribution is -2.16. The second-order valence-corrected chi connectivity index (χ2v) is 4.19. The maximum absolute atomic E-state index is 11.9. The fraction of sp³-hybridized carbons (Fsp3) is 0.533. The lowest BCUT2D eigenvalue weighted by molar-refractivity contribution is -0.145. The Labute approximate surface area is 104 Å². The molecule has 0 aliphatic heterocycles. The van der Waals surface area contributed by atoms with Crippen LogP contribution in [0.15, 0.2) is 24.3 Å². The Morgan fingerprint density at radius 3 is 2.29 bits per heavy atom. The van der Waals surface area contributed by atoms with Gasteiger partial charge in [-0.2, -0.15) is 0 Å². The van der Waals surface area contributed by atoms with Crippen molar-refractivity contribution in [3.05, 3.63) is 35.4 Å². The topological polar surface area (TPSA) is 26.3 Å². The number of carbonyl (C=O) groups excluding carboxylic acids is 1. The van der Waals surface area contributed by atoms with Gasteiger partial charge < -0.3 is 4.74 Å². The molecule has 0 aromatic heterocycles. The maximum Gasteiger partial charge on any atom is 0.313 e. The van der Waals surface area contributed by atoms with Crippen LogP contribution in [-0.4, -0.2) is 12.6 Å². The second-order valence-electron chi connectivity index (χ2n) is 4.19. The fourth-order valence-corrected chi connectivity index (χ4v) is 1.94. The van der Waals surface area contributed by atoms with E-state index in [4.69, 9.17) is 4.74 Å². The summed E-state index contributed by atoms with van der Waals surface area (Å²) >= 11 is 0. The minimum absolute atomic E-state index is 0.0985. The molecule has 17 heavy (non-hydrogen) atoms. The Hall–Kier alpha value is -1.31. The molecule has 0 amide bonds. The maximum atomic E-state index is 11.9. The van der Waals surface area contributed by atoms with E-state index < -0.39 is 0 Å². The number of carbonyl (C=O) groups is 1. The molecule has 0 spiro atoms. The van der Waals surface area contributed by atoms with Crippen molar-refractivity contribution in [1.82, 2.24) is 0 Å². The molecule has 0 bridgehead atoms. The average molecular weight is 234 g/mol. The highest BCUT2D eigenvalue weighted by molar-refractivity contribution is 5.78. The van der Waals surface area contributed by atoms with E-state index in [1.807, 2.05) is 6.92 Å². The van der Waals surface area contributed by atoms with E-state index in [0.717, 1.165) is 24.8 Å². The lowest BCUT2D eigenvalue weighted by Gasteiger charge is -2.15. The van der Waals surface area contributed by atoms with E-state index in [0.29, 0.717) is 6.61 Å². The van der Waals surface area contributed by atoms with Gasteiger partial charge in [-0.05, 0) is 30.9 Å². The number of esters is 1. The van der Waals surface area contributed by atoms with Crippen LogP contribution in [-0.2, 0) is 16.0 Å². The SMILES string of the molecule is CCCC(C(=O)OCC)c1ccc(CC)cc1. The summed E-state index contributed by atoms with van der Waals surface area (Å²) in [5.74, 6) is -0.204. The molecule has 1 atom stereocenters. The first-order valence-electron chi connectivity index (χ1n) is 6.48. The van der Waals surface area contributed by atoms with Crippen LogP contribution in [0, 0.1) is 0 Å². The van der Waals surface area contributed by atoms with Crippen LogP contribution in [0.25, 0.3) is 0 Å². The van der Waals surface area contributed by atoms with Crippen LogP contribution in [0.5, 0.6) is 0 Å². The molecule has 0 saturated carbocycles. The molecule has 1 rings (SSSR count). The number of aryl methyl sites for hydroxylation is 1. The number of benzene rings is 1. The summed E-state index contributed by atoms with van der Waals surface area (Å²) in [5.41, 5.74) is 2.37. The van der Waals surface area contributed by atoms with Crippen molar-refractivity contribution in [3.63, 3.8) is 0 Å². The molecule has 2 heteroatoms. The van der Waals surface area contributed by atoms with E-state index in [2.05, 4.69) is 38.1 Å². The quantitative estimate of drug-likeness (QED) is 0.702. The smallest absolute Gasteiger partial charge is 0.313 e. The summed E-state index contributed by atoms with van der Waals surface area (Å²) in [5, 5.41) is 0. The Kier molecular flexibility index (Phi) is 5.75. The highest BCUT2D eigenvalue weighted by Crippen LogP contribution is 2.23. The third-order valence-corrected chi connectivity index (χ3v) is 2.94. The van der Waals surface area contributed by atoms with Crippen molar-refractivity contribution in [2.24, 2.45) is 0 Å². The van der Waals surface area contributed by atoms with Gasteiger partial charge in [0, 0.05) is 0 Å². The summed E-state index contributed by atoms with van der Waals surface area (Å²) < 4.78 is 5.13. The average Bonchev–Trinajstić information content (AvgIpc) is 2.36. The van der Waals surface area contributed by atoms with E-state index in [-0.39, 0.29) is 11.9 Å². The molecule has 0 N–H and O–H groups in total. The Bertz CT molecular complexity index is 340. The van der Waals surface area contributed by atoms with Crippen LogP contribution < -0.4 is 0 Å². The van der Waals surface area contributed by atoms with Gasteiger partial charge in [-0.15, -0.1) is 0 Å². The lowest BCUT2D eigenvalue weighted by atomic mass is 9.93. The first-order valence-corrected chi connectivity index (χ1v) is 6.48. The van der Waals surface area contributed by atoms with Gasteiger partial charge in [-0.3, -0.25) is 4.79 Å². The van der Waals surface area contributed by atoms with Crippen molar-refractivity contribution in [2.45, 2.75) is 46.0 Å². The minimum atomic E-state index is -0.106. The fourth-order valence-electron chi connectivity index (χ4n) is 1.94. The zero-order valence-electron chi connectivity index (χ0n) is 11.0. The zero-order chi connectivity index (χ0) is 12.7. The summed E-state index contributed by atoms with van der Waals surface area (Å²) in [7, 11) is 0. The number of hydrogen-bond acceptors (Lipinski definition) is 2. The summed E-state index contributed by atoms with van der Waals surface area (Å²) in [6, 6.07) is 8.29. The monoisotopic (exact) mass is 234 g/mol. The van der Waals surface area contributed by atoms with Gasteiger partial charge in [0.2, 0.25) is 0 Å². The minimum Gasteiger partial charge on any atom is -0.466 e. The third kappa shape index (κ3) is 3.88. The van der Waals surface area contributed by atoms with E-state index in [1.54, 1.807) is 0 Å². The van der Waals surface area contributed by atoms with E-state index in [9.17, 15) is 4.79 Å². The first-order chi connectivity index (χ1) is 8.22. The van der Waals surface area contributed by atoms with Gasteiger partial charge in [-0.1, -0.05) is 44.5 Å². The van der Waals surface area contributed by atoms with Crippen LogP contribution in [0.1, 0.15) is 50.7 Å². The predicted octanol–water partition coefficient (Wildman–Crippen LogP) is 3.70. The molecule has 0 aliphatic carbocycles. The highest BCUT2D eigenvalue weighted by Gasteiger charge is 2.20. The Balaban J connectivity index is 2.84. The van der Waals surface area contributed by atoms with Gasteiger partial charge in [0.1, 0.15) is 0 Å². The Morgan fingerprint density at radius 2 is 1.82 bits per heavy atom. The second kappa shape index (κ2) is 7.10. The van der Waals surface area contributed by atoms with E-state index >= 15 is 0 Å². The molecule has 94 valence electrons. The number of hydrogen-bond donors (Lipinski definition) is 0. The number of rotatable bonds is 6. The van der Waals surface area contributed by atoms with Gasteiger partial charge >= 0.3 is 5.97 Å². The van der Waals surface area contributed by atoms with Gasteiger partial charge in [-0.25, -0.2) is 0 Å². The highest BCUT2D eigenvalue weighted by atomic mass is 16.5. The molecule has 0 radical (unpaired) electrons. The summed E-state index contributed by atoms with van der Waals surface area (Å²) in [6.07, 6.45) is 2.86. The van der Waals surface area contributed by atoms with Gasteiger partial charge in [0.05, 0.1) is 12.5 Å². The normalized spacial score (nSPS) is 12.2. The first kappa shape index (κ1) is 13.8. The van der Waals surface area contributed by atoms with Crippen molar-refractivity contribution >= 4 is 5.97 Å². The van der Waals surface area contributed by atoms with Gasteiger partial charge in [0.15, 0.2) is 0 Å². The summed E-state index contributed by atoms with van der Waals surface area (Å²) in [4.78, 5) is 11.9. The number of ether oxygens (including phenoxy) is 1. The molecule has 1 aromatic carbocycles. The molecule has 0 heterocycles. The zero-order valence-corrected chi connectivity index (χ0v) is 11.0. The largest absolute Gasteiger partial charge is 0.466 e. The predicted molar refractivity (Wildman–Crippen MR) is 70.1 cm³/mol. The molecule has 2 nitrogen and oxygen atoms in total. The summed E-state index contributed by atoms with van der Waals surface area (Å²) in [6.45, 7) is 6.52. The molecule has 0 aliphatic rings. The van der Waals surface area contributed by atoms with Crippen LogP contribution in [0.2, 0.25) is 0 Å².